The lowest BCUT2D eigenvalue weighted by atomic mass is 10.1. The lowest BCUT2D eigenvalue weighted by Crippen LogP contribution is -2.13. The predicted molar refractivity (Wildman–Crippen MR) is 95.2 cm³/mol. The molecule has 0 aliphatic rings. The molecule has 0 spiro atoms. The molecule has 0 saturated heterocycles. The number of amides is 1. The maximum Gasteiger partial charge on any atom is 0.228 e. The standard InChI is InChI=1S/C18H17BrN2O2/c1-11(2)9-17(22)20-12-7-8-16-15(10-12)21-18(23-16)13-5-3-4-6-14(13)19/h3-8,10-11H,9H2,1-2H3,(H,20,22). The van der Waals surface area contributed by atoms with Crippen molar-refractivity contribution in [3.63, 3.8) is 0 Å². The topological polar surface area (TPSA) is 55.1 Å². The molecule has 1 heterocycles. The molecule has 2 aromatic carbocycles. The molecule has 118 valence electrons. The quantitative estimate of drug-likeness (QED) is 0.680. The smallest absolute Gasteiger partial charge is 0.228 e. The summed E-state index contributed by atoms with van der Waals surface area (Å²) in [7, 11) is 0. The highest BCUT2D eigenvalue weighted by Gasteiger charge is 2.12. The third-order valence-electron chi connectivity index (χ3n) is 3.37. The normalized spacial score (nSPS) is 11.1. The van der Waals surface area contributed by atoms with Crippen molar-refractivity contribution in [1.29, 1.82) is 0 Å². The van der Waals surface area contributed by atoms with Gasteiger partial charge in [-0.1, -0.05) is 26.0 Å². The summed E-state index contributed by atoms with van der Waals surface area (Å²) in [6.45, 7) is 4.04. The van der Waals surface area contributed by atoms with E-state index in [0.717, 1.165) is 21.2 Å². The fourth-order valence-electron chi connectivity index (χ4n) is 2.34. The molecular formula is C18H17BrN2O2. The van der Waals surface area contributed by atoms with Crippen LogP contribution in [0.5, 0.6) is 0 Å². The van der Waals surface area contributed by atoms with E-state index in [2.05, 4.69) is 26.2 Å². The number of anilines is 1. The van der Waals surface area contributed by atoms with Crippen molar-refractivity contribution in [2.45, 2.75) is 20.3 Å². The molecule has 0 radical (unpaired) electrons. The Balaban J connectivity index is 1.89. The van der Waals surface area contributed by atoms with Crippen LogP contribution in [0, 0.1) is 5.92 Å². The number of nitrogens with zero attached hydrogens (tertiary/aromatic N) is 1. The minimum atomic E-state index is 0.00821. The molecule has 3 aromatic rings. The monoisotopic (exact) mass is 372 g/mol. The van der Waals surface area contributed by atoms with Crippen LogP contribution in [-0.4, -0.2) is 10.9 Å². The van der Waals surface area contributed by atoms with E-state index in [1.165, 1.54) is 0 Å². The van der Waals surface area contributed by atoms with Crippen LogP contribution in [0.2, 0.25) is 0 Å². The Labute approximate surface area is 143 Å². The molecule has 0 atom stereocenters. The molecule has 1 amide bonds. The number of benzene rings is 2. The summed E-state index contributed by atoms with van der Waals surface area (Å²) < 4.78 is 6.73. The molecule has 5 heteroatoms. The van der Waals surface area contributed by atoms with Gasteiger partial charge in [-0.25, -0.2) is 4.98 Å². The lowest BCUT2D eigenvalue weighted by molar-refractivity contribution is -0.116. The molecule has 1 aromatic heterocycles. The van der Waals surface area contributed by atoms with E-state index in [1.807, 2.05) is 56.3 Å². The summed E-state index contributed by atoms with van der Waals surface area (Å²) in [6.07, 6.45) is 0.499. The van der Waals surface area contributed by atoms with Crippen LogP contribution in [0.25, 0.3) is 22.6 Å². The number of hydrogen-bond acceptors (Lipinski definition) is 3. The van der Waals surface area contributed by atoms with Crippen LogP contribution < -0.4 is 5.32 Å². The molecular weight excluding hydrogens is 356 g/mol. The van der Waals surface area contributed by atoms with E-state index in [4.69, 9.17) is 4.42 Å². The molecule has 23 heavy (non-hydrogen) atoms. The van der Waals surface area contributed by atoms with Gasteiger partial charge in [0, 0.05) is 16.6 Å². The maximum atomic E-state index is 11.9. The van der Waals surface area contributed by atoms with Gasteiger partial charge in [-0.2, -0.15) is 0 Å². The van der Waals surface area contributed by atoms with Crippen LogP contribution in [0.15, 0.2) is 51.4 Å². The molecule has 0 aliphatic carbocycles. The van der Waals surface area contributed by atoms with Crippen LogP contribution in [0.1, 0.15) is 20.3 Å². The molecule has 0 saturated carbocycles. The maximum absolute atomic E-state index is 11.9. The largest absolute Gasteiger partial charge is 0.436 e. The Bertz CT molecular complexity index is 855. The highest BCUT2D eigenvalue weighted by atomic mass is 79.9. The van der Waals surface area contributed by atoms with Crippen molar-refractivity contribution in [2.24, 2.45) is 5.92 Å². The zero-order chi connectivity index (χ0) is 16.4. The van der Waals surface area contributed by atoms with Crippen molar-refractivity contribution < 1.29 is 9.21 Å². The van der Waals surface area contributed by atoms with E-state index in [1.54, 1.807) is 0 Å². The van der Waals surface area contributed by atoms with E-state index in [0.29, 0.717) is 23.8 Å². The Morgan fingerprint density at radius 1 is 1.26 bits per heavy atom. The van der Waals surface area contributed by atoms with E-state index in [-0.39, 0.29) is 5.91 Å². The van der Waals surface area contributed by atoms with Gasteiger partial charge < -0.3 is 9.73 Å². The van der Waals surface area contributed by atoms with Crippen molar-refractivity contribution in [1.82, 2.24) is 4.98 Å². The number of carbonyl (C=O) groups excluding carboxylic acids is 1. The van der Waals surface area contributed by atoms with Gasteiger partial charge in [-0.15, -0.1) is 0 Å². The molecule has 0 bridgehead atoms. The molecule has 0 unspecified atom stereocenters. The van der Waals surface area contributed by atoms with Crippen LogP contribution >= 0.6 is 15.9 Å². The SMILES string of the molecule is CC(C)CC(=O)Nc1ccc2oc(-c3ccccc3Br)nc2c1. The fraction of sp³-hybridized carbons (Fsp3) is 0.222. The summed E-state index contributed by atoms with van der Waals surface area (Å²) in [5, 5.41) is 2.90. The minimum Gasteiger partial charge on any atom is -0.436 e. The van der Waals surface area contributed by atoms with Crippen molar-refractivity contribution in [3.8, 4) is 11.5 Å². The Kier molecular flexibility index (Phi) is 4.48. The van der Waals surface area contributed by atoms with Gasteiger partial charge in [-0.05, 0) is 52.2 Å². The number of fused-ring (bicyclic) bond motifs is 1. The van der Waals surface area contributed by atoms with E-state index < -0.39 is 0 Å². The molecule has 4 nitrogen and oxygen atoms in total. The Morgan fingerprint density at radius 2 is 2.04 bits per heavy atom. The molecule has 0 fully saturated rings. The summed E-state index contributed by atoms with van der Waals surface area (Å²) in [5.74, 6) is 0.889. The second-order valence-electron chi connectivity index (χ2n) is 5.83. The zero-order valence-corrected chi connectivity index (χ0v) is 14.6. The van der Waals surface area contributed by atoms with Crippen molar-refractivity contribution in [2.75, 3.05) is 5.32 Å². The second kappa shape index (κ2) is 6.54. The number of halogens is 1. The third kappa shape index (κ3) is 3.62. The Morgan fingerprint density at radius 3 is 2.78 bits per heavy atom. The first-order valence-electron chi connectivity index (χ1n) is 7.48. The van der Waals surface area contributed by atoms with Crippen LogP contribution in [0.3, 0.4) is 0 Å². The first-order chi connectivity index (χ1) is 11.0. The van der Waals surface area contributed by atoms with Crippen molar-refractivity contribution in [3.05, 3.63) is 46.9 Å². The number of nitrogens with one attached hydrogen (secondary N) is 1. The van der Waals surface area contributed by atoms with E-state index >= 15 is 0 Å². The molecule has 1 N–H and O–H groups in total. The zero-order valence-electron chi connectivity index (χ0n) is 13.0. The van der Waals surface area contributed by atoms with Crippen LogP contribution in [0.4, 0.5) is 5.69 Å². The number of oxazole rings is 1. The van der Waals surface area contributed by atoms with Gasteiger partial charge in [0.05, 0.1) is 5.56 Å². The van der Waals surface area contributed by atoms with E-state index in [9.17, 15) is 4.79 Å². The predicted octanol–water partition coefficient (Wildman–Crippen LogP) is 5.24. The molecule has 0 aliphatic heterocycles. The third-order valence-corrected chi connectivity index (χ3v) is 4.06. The number of carbonyl (C=O) groups is 1. The molecule has 3 rings (SSSR count). The van der Waals surface area contributed by atoms with Gasteiger partial charge >= 0.3 is 0 Å². The average molecular weight is 373 g/mol. The number of hydrogen-bond donors (Lipinski definition) is 1. The lowest BCUT2D eigenvalue weighted by Gasteiger charge is -2.06. The summed E-state index contributed by atoms with van der Waals surface area (Å²) >= 11 is 3.50. The summed E-state index contributed by atoms with van der Waals surface area (Å²) in [4.78, 5) is 16.4. The Hall–Kier alpha value is -2.14. The fourth-order valence-corrected chi connectivity index (χ4v) is 2.79. The van der Waals surface area contributed by atoms with Gasteiger partial charge in [0.2, 0.25) is 11.8 Å². The minimum absolute atomic E-state index is 0.00821. The van der Waals surface area contributed by atoms with Gasteiger partial charge in [0.25, 0.3) is 0 Å². The average Bonchev–Trinajstić information content (AvgIpc) is 2.89. The van der Waals surface area contributed by atoms with Crippen molar-refractivity contribution >= 4 is 38.6 Å². The summed E-state index contributed by atoms with van der Waals surface area (Å²) in [5.41, 5.74) is 3.04. The van der Waals surface area contributed by atoms with Gasteiger partial charge in [-0.3, -0.25) is 4.79 Å². The summed E-state index contributed by atoms with van der Waals surface area (Å²) in [6, 6.07) is 13.3. The first-order valence-corrected chi connectivity index (χ1v) is 8.27. The van der Waals surface area contributed by atoms with Crippen LogP contribution in [-0.2, 0) is 4.79 Å². The number of aromatic nitrogens is 1. The van der Waals surface area contributed by atoms with Gasteiger partial charge in [0.1, 0.15) is 5.52 Å². The second-order valence-corrected chi connectivity index (χ2v) is 6.68. The van der Waals surface area contributed by atoms with Gasteiger partial charge in [0.15, 0.2) is 5.58 Å². The first kappa shape index (κ1) is 15.7. The number of rotatable bonds is 4. The highest BCUT2D eigenvalue weighted by molar-refractivity contribution is 9.10. The highest BCUT2D eigenvalue weighted by Crippen LogP contribution is 2.30.